The first-order valence-corrected chi connectivity index (χ1v) is 7.06. The molecule has 0 aromatic rings. The first-order valence-electron chi connectivity index (χ1n) is 6.18. The third-order valence-corrected chi connectivity index (χ3v) is 4.54. The molecule has 0 saturated carbocycles. The predicted octanol–water partition coefficient (Wildman–Crippen LogP) is 3.28. The van der Waals surface area contributed by atoms with Crippen molar-refractivity contribution in [2.24, 2.45) is 10.9 Å². The van der Waals surface area contributed by atoms with Crippen LogP contribution in [0, 0.1) is 5.92 Å². The van der Waals surface area contributed by atoms with E-state index in [-0.39, 0.29) is 0 Å². The van der Waals surface area contributed by atoms with E-state index >= 15 is 0 Å². The summed E-state index contributed by atoms with van der Waals surface area (Å²) in [4.78, 5) is 4.59. The van der Waals surface area contributed by atoms with Gasteiger partial charge in [-0.1, -0.05) is 45.4 Å². The monoisotopic (exact) mass is 228 g/mol. The molecule has 0 saturated heterocycles. The summed E-state index contributed by atoms with van der Waals surface area (Å²) in [5, 5.41) is 5.36. The molecule has 88 valence electrons. The summed E-state index contributed by atoms with van der Waals surface area (Å²) in [5.41, 5.74) is 0. The number of nitrogens with one attached hydrogen (secondary N) is 1. The van der Waals surface area contributed by atoms with Crippen LogP contribution in [0.2, 0.25) is 0 Å². The largest absolute Gasteiger partial charge is 0.362 e. The molecular weight excluding hydrogens is 204 g/mol. The molecule has 2 nitrogen and oxygen atoms in total. The van der Waals surface area contributed by atoms with Gasteiger partial charge in [-0.25, -0.2) is 0 Å². The number of rotatable bonds is 5. The third kappa shape index (κ3) is 3.71. The number of nitrogens with zero attached hydrogens (tertiary/aromatic N) is 1. The van der Waals surface area contributed by atoms with Crippen LogP contribution in [0.25, 0.3) is 0 Å². The van der Waals surface area contributed by atoms with Crippen LogP contribution in [-0.2, 0) is 0 Å². The zero-order valence-electron chi connectivity index (χ0n) is 10.4. The lowest BCUT2D eigenvalue weighted by atomic mass is 9.99. The fourth-order valence-electron chi connectivity index (χ4n) is 1.84. The molecule has 1 heterocycles. The van der Waals surface area contributed by atoms with E-state index in [4.69, 9.17) is 0 Å². The topological polar surface area (TPSA) is 24.4 Å². The second kappa shape index (κ2) is 6.41. The van der Waals surface area contributed by atoms with Gasteiger partial charge in [0.1, 0.15) is 0 Å². The van der Waals surface area contributed by atoms with Crippen molar-refractivity contribution in [3.8, 4) is 0 Å². The maximum absolute atomic E-state index is 4.59. The Labute approximate surface area is 98.3 Å². The van der Waals surface area contributed by atoms with Crippen molar-refractivity contribution in [2.45, 2.75) is 58.2 Å². The molecule has 15 heavy (non-hydrogen) atoms. The van der Waals surface area contributed by atoms with Gasteiger partial charge in [0.25, 0.3) is 0 Å². The molecule has 1 N–H and O–H groups in total. The van der Waals surface area contributed by atoms with Crippen LogP contribution >= 0.6 is 11.8 Å². The van der Waals surface area contributed by atoms with E-state index in [1.165, 1.54) is 18.0 Å². The molecule has 0 aromatic carbocycles. The van der Waals surface area contributed by atoms with E-state index in [1.807, 2.05) is 11.8 Å². The molecule has 1 aliphatic heterocycles. The van der Waals surface area contributed by atoms with Crippen LogP contribution in [0.4, 0.5) is 0 Å². The number of hydrogen-bond donors (Lipinski definition) is 1. The van der Waals surface area contributed by atoms with Crippen molar-refractivity contribution >= 4 is 16.9 Å². The van der Waals surface area contributed by atoms with Crippen LogP contribution in [0.3, 0.4) is 0 Å². The maximum Gasteiger partial charge on any atom is 0.157 e. The van der Waals surface area contributed by atoms with E-state index in [0.717, 1.165) is 18.9 Å². The summed E-state index contributed by atoms with van der Waals surface area (Å²) in [7, 11) is 0. The summed E-state index contributed by atoms with van der Waals surface area (Å²) in [6.45, 7) is 10.0. The number of aliphatic imine (C=N–C) groups is 1. The van der Waals surface area contributed by atoms with E-state index in [0.29, 0.717) is 11.3 Å². The normalized spacial score (nSPS) is 23.0. The molecule has 0 aliphatic carbocycles. The Morgan fingerprint density at radius 2 is 2.00 bits per heavy atom. The Balaban J connectivity index is 2.36. The van der Waals surface area contributed by atoms with Crippen molar-refractivity contribution in [3.05, 3.63) is 0 Å². The van der Waals surface area contributed by atoms with Gasteiger partial charge in [-0.15, -0.1) is 0 Å². The van der Waals surface area contributed by atoms with Gasteiger partial charge in [-0.3, -0.25) is 4.99 Å². The summed E-state index contributed by atoms with van der Waals surface area (Å²) < 4.78 is 0. The molecule has 2 atom stereocenters. The highest BCUT2D eigenvalue weighted by atomic mass is 32.2. The quantitative estimate of drug-likeness (QED) is 0.781. The van der Waals surface area contributed by atoms with Crippen LogP contribution in [-0.4, -0.2) is 23.0 Å². The fourth-order valence-corrected chi connectivity index (χ4v) is 3.27. The van der Waals surface area contributed by atoms with Gasteiger partial charge < -0.3 is 5.32 Å². The Kier molecular flexibility index (Phi) is 5.51. The second-order valence-electron chi connectivity index (χ2n) is 4.33. The van der Waals surface area contributed by atoms with Crippen LogP contribution < -0.4 is 5.32 Å². The average Bonchev–Trinajstić information content (AvgIpc) is 2.68. The Bertz CT molecular complexity index is 212. The van der Waals surface area contributed by atoms with E-state index < -0.39 is 0 Å². The van der Waals surface area contributed by atoms with Gasteiger partial charge in [0.2, 0.25) is 0 Å². The zero-order chi connectivity index (χ0) is 11.3. The Hall–Kier alpha value is -0.180. The van der Waals surface area contributed by atoms with Crippen molar-refractivity contribution in [1.82, 2.24) is 5.32 Å². The SMILES string of the molecule is CCC(C)NC1=NCC(C(CC)CC)S1. The molecular formula is C12H24N2S. The molecule has 0 bridgehead atoms. The van der Waals surface area contributed by atoms with Gasteiger partial charge >= 0.3 is 0 Å². The molecule has 0 radical (unpaired) electrons. The highest BCUT2D eigenvalue weighted by molar-refractivity contribution is 8.14. The van der Waals surface area contributed by atoms with Crippen LogP contribution in [0.5, 0.6) is 0 Å². The smallest absolute Gasteiger partial charge is 0.157 e. The molecule has 2 unspecified atom stereocenters. The molecule has 1 rings (SSSR count). The molecule has 1 aliphatic rings. The summed E-state index contributed by atoms with van der Waals surface area (Å²) in [6, 6.07) is 0.553. The maximum atomic E-state index is 4.59. The summed E-state index contributed by atoms with van der Waals surface area (Å²) >= 11 is 1.95. The molecule has 0 aromatic heterocycles. The van der Waals surface area contributed by atoms with E-state index in [9.17, 15) is 0 Å². The highest BCUT2D eigenvalue weighted by Crippen LogP contribution is 2.30. The minimum atomic E-state index is 0.553. The predicted molar refractivity (Wildman–Crippen MR) is 70.6 cm³/mol. The standard InChI is InChI=1S/C12H24N2S/c1-5-9(4)14-12-13-8-11(15-12)10(6-2)7-3/h9-11H,5-8H2,1-4H3,(H,13,14). The summed E-state index contributed by atoms with van der Waals surface area (Å²) in [5.74, 6) is 0.829. The fraction of sp³-hybridized carbons (Fsp3) is 0.917. The average molecular weight is 228 g/mol. The van der Waals surface area contributed by atoms with Gasteiger partial charge in [0.05, 0.1) is 6.54 Å². The minimum absolute atomic E-state index is 0.553. The lowest BCUT2D eigenvalue weighted by Crippen LogP contribution is -2.29. The first-order chi connectivity index (χ1) is 7.21. The van der Waals surface area contributed by atoms with Crippen LogP contribution in [0.1, 0.15) is 47.0 Å². The molecule has 3 heteroatoms. The van der Waals surface area contributed by atoms with Gasteiger partial charge in [-0.05, 0) is 19.3 Å². The van der Waals surface area contributed by atoms with Crippen LogP contribution in [0.15, 0.2) is 4.99 Å². The van der Waals surface area contributed by atoms with Gasteiger partial charge in [0.15, 0.2) is 5.17 Å². The summed E-state index contributed by atoms with van der Waals surface area (Å²) in [6.07, 6.45) is 3.72. The van der Waals surface area contributed by atoms with Gasteiger partial charge in [-0.2, -0.15) is 0 Å². The Morgan fingerprint density at radius 3 is 2.53 bits per heavy atom. The van der Waals surface area contributed by atoms with Crippen molar-refractivity contribution < 1.29 is 0 Å². The second-order valence-corrected chi connectivity index (χ2v) is 5.56. The first kappa shape index (κ1) is 12.9. The zero-order valence-corrected chi connectivity index (χ0v) is 11.2. The minimum Gasteiger partial charge on any atom is -0.362 e. The third-order valence-electron chi connectivity index (χ3n) is 3.23. The lowest BCUT2D eigenvalue weighted by Gasteiger charge is -2.19. The lowest BCUT2D eigenvalue weighted by molar-refractivity contribution is 0.479. The van der Waals surface area contributed by atoms with Crippen molar-refractivity contribution in [3.63, 3.8) is 0 Å². The molecule has 0 spiro atoms. The number of hydrogen-bond acceptors (Lipinski definition) is 3. The van der Waals surface area contributed by atoms with Crippen molar-refractivity contribution in [1.29, 1.82) is 0 Å². The van der Waals surface area contributed by atoms with Crippen molar-refractivity contribution in [2.75, 3.05) is 6.54 Å². The van der Waals surface area contributed by atoms with E-state index in [2.05, 4.69) is 38.0 Å². The number of amidine groups is 1. The molecule has 0 amide bonds. The van der Waals surface area contributed by atoms with E-state index in [1.54, 1.807) is 0 Å². The molecule has 0 fully saturated rings. The van der Waals surface area contributed by atoms with Gasteiger partial charge in [0, 0.05) is 11.3 Å². The highest BCUT2D eigenvalue weighted by Gasteiger charge is 2.26. The number of thioether (sulfide) groups is 1. The Morgan fingerprint density at radius 1 is 1.33 bits per heavy atom.